The molecule has 0 aromatic heterocycles. The lowest BCUT2D eigenvalue weighted by Gasteiger charge is -2.21. The lowest BCUT2D eigenvalue weighted by Crippen LogP contribution is -2.04. The number of unbranched alkanes of at least 4 members (excludes halogenated alkanes) is 1. The average molecular weight is 370 g/mol. The summed E-state index contributed by atoms with van der Waals surface area (Å²) in [6, 6.07) is 10.9. The van der Waals surface area contributed by atoms with Crippen LogP contribution in [0.15, 0.2) is 42.5 Å². The van der Waals surface area contributed by atoms with Gasteiger partial charge >= 0.3 is 0 Å². The van der Waals surface area contributed by atoms with Crippen LogP contribution in [0.1, 0.15) is 57.9 Å². The molecular weight excluding hydrogens is 342 g/mol. The van der Waals surface area contributed by atoms with Crippen molar-refractivity contribution in [2.45, 2.75) is 52.4 Å². The summed E-state index contributed by atoms with van der Waals surface area (Å²) in [5, 5.41) is 0. The van der Waals surface area contributed by atoms with Crippen molar-refractivity contribution in [1.82, 2.24) is 0 Å². The van der Waals surface area contributed by atoms with Gasteiger partial charge < -0.3 is 4.74 Å². The van der Waals surface area contributed by atoms with E-state index >= 15 is 0 Å². The summed E-state index contributed by atoms with van der Waals surface area (Å²) in [6.07, 6.45) is 8.77. The zero-order chi connectivity index (χ0) is 19.2. The minimum atomic E-state index is -0.909. The summed E-state index contributed by atoms with van der Waals surface area (Å²) in [4.78, 5) is 0. The summed E-state index contributed by atoms with van der Waals surface area (Å²) >= 11 is 0. The van der Waals surface area contributed by atoms with Crippen molar-refractivity contribution in [3.8, 4) is 16.9 Å². The third kappa shape index (κ3) is 4.58. The fourth-order valence-electron chi connectivity index (χ4n) is 3.58. The highest BCUT2D eigenvalue weighted by Crippen LogP contribution is 2.34. The van der Waals surface area contributed by atoms with E-state index in [1.807, 2.05) is 31.2 Å². The Morgan fingerprint density at radius 2 is 1.70 bits per heavy atom. The number of hydrogen-bond acceptors (Lipinski definition) is 1. The molecule has 1 unspecified atom stereocenters. The first-order chi connectivity index (χ1) is 13.1. The van der Waals surface area contributed by atoms with Crippen molar-refractivity contribution in [3.05, 3.63) is 59.7 Å². The van der Waals surface area contributed by atoms with Crippen LogP contribution >= 0.6 is 0 Å². The smallest absolute Gasteiger partial charge is 0.201 e. The second-order valence-corrected chi connectivity index (χ2v) is 7.30. The molecular formula is C24H28F2O. The molecule has 0 radical (unpaired) electrons. The van der Waals surface area contributed by atoms with E-state index < -0.39 is 11.6 Å². The van der Waals surface area contributed by atoms with E-state index in [-0.39, 0.29) is 11.3 Å². The Morgan fingerprint density at radius 1 is 0.963 bits per heavy atom. The molecule has 27 heavy (non-hydrogen) atoms. The summed E-state index contributed by atoms with van der Waals surface area (Å²) in [5.74, 6) is -0.977. The number of hydrogen-bond donors (Lipinski definition) is 0. The van der Waals surface area contributed by atoms with Gasteiger partial charge in [0, 0.05) is 5.56 Å². The van der Waals surface area contributed by atoms with Crippen LogP contribution in [0.2, 0.25) is 0 Å². The SMILES string of the molecule is CCCCOc1ccc(-c2ccc(C3=CCC(CC)CC3)cc2)c(F)c1F. The van der Waals surface area contributed by atoms with Gasteiger partial charge in [-0.1, -0.05) is 57.0 Å². The van der Waals surface area contributed by atoms with Crippen LogP contribution < -0.4 is 4.74 Å². The molecule has 0 aliphatic heterocycles. The van der Waals surface area contributed by atoms with E-state index in [9.17, 15) is 8.78 Å². The van der Waals surface area contributed by atoms with E-state index in [2.05, 4.69) is 13.0 Å². The van der Waals surface area contributed by atoms with Gasteiger partial charge in [-0.3, -0.25) is 0 Å². The highest BCUT2D eigenvalue weighted by atomic mass is 19.2. The quantitative estimate of drug-likeness (QED) is 0.461. The maximum Gasteiger partial charge on any atom is 0.201 e. The Bertz CT molecular complexity index is 793. The van der Waals surface area contributed by atoms with Gasteiger partial charge in [0.05, 0.1) is 6.61 Å². The Morgan fingerprint density at radius 3 is 2.33 bits per heavy atom. The number of allylic oxidation sites excluding steroid dienone is 2. The normalized spacial score (nSPS) is 16.9. The third-order valence-electron chi connectivity index (χ3n) is 5.47. The fourth-order valence-corrected chi connectivity index (χ4v) is 3.58. The highest BCUT2D eigenvalue weighted by molar-refractivity contribution is 5.71. The van der Waals surface area contributed by atoms with E-state index in [1.165, 1.54) is 30.0 Å². The predicted molar refractivity (Wildman–Crippen MR) is 108 cm³/mol. The highest BCUT2D eigenvalue weighted by Gasteiger charge is 2.17. The van der Waals surface area contributed by atoms with Gasteiger partial charge in [-0.05, 0) is 60.4 Å². The van der Waals surface area contributed by atoms with Crippen molar-refractivity contribution >= 4 is 5.57 Å². The topological polar surface area (TPSA) is 9.23 Å². The monoisotopic (exact) mass is 370 g/mol. The molecule has 0 bridgehead atoms. The van der Waals surface area contributed by atoms with Crippen LogP contribution in [0.25, 0.3) is 16.7 Å². The van der Waals surface area contributed by atoms with E-state index in [0.717, 1.165) is 31.6 Å². The van der Waals surface area contributed by atoms with E-state index in [4.69, 9.17) is 4.74 Å². The number of benzene rings is 2. The van der Waals surface area contributed by atoms with Crippen LogP contribution in [0.3, 0.4) is 0 Å². The van der Waals surface area contributed by atoms with Crippen LogP contribution in [0, 0.1) is 17.6 Å². The lowest BCUT2D eigenvalue weighted by atomic mass is 9.85. The van der Waals surface area contributed by atoms with Crippen molar-refractivity contribution in [1.29, 1.82) is 0 Å². The standard InChI is InChI=1S/C24H28F2O/c1-3-5-16-27-22-15-14-21(23(25)24(22)26)20-12-10-19(11-13-20)18-8-6-17(4-2)7-9-18/h8,10-15,17H,3-7,9,16H2,1-2H3. The van der Waals surface area contributed by atoms with Gasteiger partial charge in [-0.2, -0.15) is 4.39 Å². The van der Waals surface area contributed by atoms with Crippen molar-refractivity contribution in [3.63, 3.8) is 0 Å². The van der Waals surface area contributed by atoms with Gasteiger partial charge in [-0.25, -0.2) is 4.39 Å². The molecule has 3 rings (SSSR count). The molecule has 2 aromatic rings. The Kier molecular flexibility index (Phi) is 6.65. The molecule has 1 nitrogen and oxygen atoms in total. The van der Waals surface area contributed by atoms with Gasteiger partial charge in [0.15, 0.2) is 11.6 Å². The van der Waals surface area contributed by atoms with Crippen LogP contribution in [0.4, 0.5) is 8.78 Å². The van der Waals surface area contributed by atoms with E-state index in [0.29, 0.717) is 12.2 Å². The molecule has 2 aromatic carbocycles. The van der Waals surface area contributed by atoms with Gasteiger partial charge in [0.2, 0.25) is 5.82 Å². The zero-order valence-electron chi connectivity index (χ0n) is 16.2. The molecule has 1 aliphatic rings. The molecule has 3 heteroatoms. The number of ether oxygens (including phenoxy) is 1. The summed E-state index contributed by atoms with van der Waals surface area (Å²) in [6.45, 7) is 4.67. The second-order valence-electron chi connectivity index (χ2n) is 7.30. The fraction of sp³-hybridized carbons (Fsp3) is 0.417. The molecule has 0 N–H and O–H groups in total. The van der Waals surface area contributed by atoms with E-state index in [1.54, 1.807) is 6.07 Å². The minimum Gasteiger partial charge on any atom is -0.490 e. The van der Waals surface area contributed by atoms with Crippen molar-refractivity contribution < 1.29 is 13.5 Å². The molecule has 1 aliphatic carbocycles. The Hall–Kier alpha value is -2.16. The van der Waals surface area contributed by atoms with Crippen LogP contribution in [-0.2, 0) is 0 Å². The molecule has 0 saturated carbocycles. The maximum absolute atomic E-state index is 14.5. The molecule has 0 heterocycles. The average Bonchev–Trinajstić information content (AvgIpc) is 2.72. The first-order valence-electron chi connectivity index (χ1n) is 10.0. The lowest BCUT2D eigenvalue weighted by molar-refractivity contribution is 0.289. The van der Waals surface area contributed by atoms with Gasteiger partial charge in [0.25, 0.3) is 0 Å². The minimum absolute atomic E-state index is 0.0147. The molecule has 0 fully saturated rings. The molecule has 0 amide bonds. The predicted octanol–water partition coefficient (Wildman–Crippen LogP) is 7.40. The van der Waals surface area contributed by atoms with Gasteiger partial charge in [-0.15, -0.1) is 0 Å². The van der Waals surface area contributed by atoms with Crippen molar-refractivity contribution in [2.24, 2.45) is 5.92 Å². The largest absolute Gasteiger partial charge is 0.490 e. The first-order valence-corrected chi connectivity index (χ1v) is 10.0. The second kappa shape index (κ2) is 9.16. The van der Waals surface area contributed by atoms with Gasteiger partial charge in [0.1, 0.15) is 0 Å². The zero-order valence-corrected chi connectivity index (χ0v) is 16.2. The van der Waals surface area contributed by atoms with Crippen LogP contribution in [-0.4, -0.2) is 6.61 Å². The Balaban J connectivity index is 1.77. The summed E-state index contributed by atoms with van der Waals surface area (Å²) < 4.78 is 34.2. The molecule has 144 valence electrons. The first kappa shape index (κ1) is 19.6. The van der Waals surface area contributed by atoms with Crippen molar-refractivity contribution in [2.75, 3.05) is 6.61 Å². The third-order valence-corrected chi connectivity index (χ3v) is 5.47. The molecule has 0 saturated heterocycles. The molecule has 1 atom stereocenters. The maximum atomic E-state index is 14.5. The Labute approximate surface area is 161 Å². The van der Waals surface area contributed by atoms with Crippen LogP contribution in [0.5, 0.6) is 5.75 Å². The number of rotatable bonds is 7. The molecule has 0 spiro atoms. The summed E-state index contributed by atoms with van der Waals surface area (Å²) in [7, 11) is 0. The summed E-state index contributed by atoms with van der Waals surface area (Å²) in [5.41, 5.74) is 3.48. The number of halogens is 2.